The molecule has 6 heteroatoms. The molecule has 0 unspecified atom stereocenters. The highest BCUT2D eigenvalue weighted by Crippen LogP contribution is 2.34. The summed E-state index contributed by atoms with van der Waals surface area (Å²) in [5.74, 6) is -0.554. The lowest BCUT2D eigenvalue weighted by atomic mass is 9.99. The molecule has 1 N–H and O–H groups in total. The number of morpholine rings is 1. The van der Waals surface area contributed by atoms with E-state index in [4.69, 9.17) is 21.4 Å². The monoisotopic (exact) mass is 298 g/mol. The number of nitrogens with zero attached hydrogens (tertiary/aromatic N) is 2. The summed E-state index contributed by atoms with van der Waals surface area (Å²) in [6, 6.07) is 1.41. The summed E-state index contributed by atoms with van der Waals surface area (Å²) in [6.45, 7) is 9.19. The van der Waals surface area contributed by atoms with Crippen molar-refractivity contribution in [2.24, 2.45) is 0 Å². The Morgan fingerprint density at radius 3 is 2.40 bits per heavy atom. The second-order valence-corrected chi connectivity index (χ2v) is 6.66. The number of rotatable bonds is 2. The van der Waals surface area contributed by atoms with Crippen LogP contribution in [0.2, 0.25) is 5.02 Å². The smallest absolute Gasteiger partial charge is 0.337 e. The average Bonchev–Trinajstić information content (AvgIpc) is 2.24. The molecule has 2 rings (SSSR count). The van der Waals surface area contributed by atoms with Gasteiger partial charge in [-0.2, -0.15) is 0 Å². The van der Waals surface area contributed by atoms with Gasteiger partial charge in [0, 0.05) is 19.3 Å². The maximum atomic E-state index is 11.2. The highest BCUT2D eigenvalue weighted by atomic mass is 35.5. The molecule has 1 fully saturated rings. The molecule has 110 valence electrons. The highest BCUT2D eigenvalue weighted by molar-refractivity contribution is 6.35. The van der Waals surface area contributed by atoms with Crippen molar-refractivity contribution in [3.8, 4) is 0 Å². The zero-order chi connectivity index (χ0) is 15.1. The molecular formula is C14H19ClN2O3. The molecule has 1 saturated heterocycles. The third-order valence-corrected chi connectivity index (χ3v) is 3.47. The number of carboxylic acids is 1. The van der Waals surface area contributed by atoms with Crippen molar-refractivity contribution in [1.82, 2.24) is 4.98 Å². The number of aromatic carboxylic acids is 1. The Balaban J connectivity index is 2.41. The lowest BCUT2D eigenvalue weighted by molar-refractivity contribution is -0.133. The van der Waals surface area contributed by atoms with E-state index < -0.39 is 5.97 Å². The van der Waals surface area contributed by atoms with Gasteiger partial charge in [0.1, 0.15) is 5.82 Å². The first kappa shape index (κ1) is 15.1. The van der Waals surface area contributed by atoms with E-state index in [0.717, 1.165) is 0 Å². The number of anilines is 1. The molecule has 1 aliphatic rings. The fourth-order valence-electron chi connectivity index (χ4n) is 2.76. The number of pyridine rings is 1. The third-order valence-electron chi connectivity index (χ3n) is 3.10. The molecule has 20 heavy (non-hydrogen) atoms. The summed E-state index contributed by atoms with van der Waals surface area (Å²) >= 11 is 6.20. The normalized spacial score (nSPS) is 20.8. The molecule has 0 saturated carbocycles. The van der Waals surface area contributed by atoms with Crippen LogP contribution in [0.5, 0.6) is 0 Å². The fourth-order valence-corrected chi connectivity index (χ4v) is 3.07. The van der Waals surface area contributed by atoms with Crippen molar-refractivity contribution >= 4 is 23.4 Å². The second kappa shape index (κ2) is 4.90. The van der Waals surface area contributed by atoms with E-state index in [1.165, 1.54) is 12.3 Å². The molecule has 1 aromatic heterocycles. The molecule has 2 heterocycles. The summed E-state index contributed by atoms with van der Waals surface area (Å²) in [4.78, 5) is 17.4. The van der Waals surface area contributed by atoms with Gasteiger partial charge in [-0.25, -0.2) is 9.78 Å². The number of halogens is 1. The standard InChI is InChI=1S/C14H19ClN2O3/c1-13(2)7-17(8-14(3,4)20-13)11-10(15)9(12(18)19)5-6-16-11/h5-6H,7-8H2,1-4H3,(H,18,19). The number of hydrogen-bond donors (Lipinski definition) is 1. The average molecular weight is 299 g/mol. The second-order valence-electron chi connectivity index (χ2n) is 6.28. The van der Waals surface area contributed by atoms with Gasteiger partial charge in [-0.15, -0.1) is 0 Å². The molecule has 0 spiro atoms. The first-order valence-electron chi connectivity index (χ1n) is 6.44. The van der Waals surface area contributed by atoms with Crippen molar-refractivity contribution < 1.29 is 14.6 Å². The molecule has 0 atom stereocenters. The van der Waals surface area contributed by atoms with Gasteiger partial charge in [0.05, 0.1) is 21.8 Å². The first-order chi connectivity index (χ1) is 9.11. The van der Waals surface area contributed by atoms with Crippen LogP contribution < -0.4 is 4.90 Å². The first-order valence-corrected chi connectivity index (χ1v) is 6.82. The molecule has 1 aliphatic heterocycles. The maximum Gasteiger partial charge on any atom is 0.337 e. The Labute approximate surface area is 123 Å². The van der Waals surface area contributed by atoms with Crippen LogP contribution in [-0.4, -0.2) is 40.4 Å². The van der Waals surface area contributed by atoms with Crippen molar-refractivity contribution in [3.05, 3.63) is 22.8 Å². The molecule has 0 aromatic carbocycles. The van der Waals surface area contributed by atoms with Crippen molar-refractivity contribution in [1.29, 1.82) is 0 Å². The minimum Gasteiger partial charge on any atom is -0.478 e. The molecule has 0 amide bonds. The van der Waals surface area contributed by atoms with E-state index in [-0.39, 0.29) is 21.8 Å². The van der Waals surface area contributed by atoms with Crippen LogP contribution in [0.1, 0.15) is 38.1 Å². The zero-order valence-corrected chi connectivity index (χ0v) is 12.9. The number of hydrogen-bond acceptors (Lipinski definition) is 4. The molecule has 5 nitrogen and oxygen atoms in total. The zero-order valence-electron chi connectivity index (χ0n) is 12.1. The molecule has 0 radical (unpaired) electrons. The van der Waals surface area contributed by atoms with E-state index in [2.05, 4.69) is 4.98 Å². The third kappa shape index (κ3) is 3.04. The summed E-state index contributed by atoms with van der Waals surface area (Å²) < 4.78 is 6.00. The summed E-state index contributed by atoms with van der Waals surface area (Å²) in [5.41, 5.74) is -0.642. The number of carboxylic acid groups (broad SMARTS) is 1. The van der Waals surface area contributed by atoms with Gasteiger partial charge in [0.2, 0.25) is 0 Å². The topological polar surface area (TPSA) is 62.7 Å². The Bertz CT molecular complexity index is 527. The Kier molecular flexibility index (Phi) is 3.69. The molecule has 0 aliphatic carbocycles. The lowest BCUT2D eigenvalue weighted by Gasteiger charge is -2.47. The molecular weight excluding hydrogens is 280 g/mol. The van der Waals surface area contributed by atoms with Crippen LogP contribution in [0, 0.1) is 0 Å². The molecule has 1 aromatic rings. The van der Waals surface area contributed by atoms with E-state index in [1.807, 2.05) is 32.6 Å². The Hall–Kier alpha value is -1.33. The van der Waals surface area contributed by atoms with Crippen LogP contribution in [0.3, 0.4) is 0 Å². The van der Waals surface area contributed by atoms with E-state index >= 15 is 0 Å². The minimum absolute atomic E-state index is 0.0683. The van der Waals surface area contributed by atoms with Gasteiger partial charge in [0.15, 0.2) is 0 Å². The van der Waals surface area contributed by atoms with Crippen LogP contribution in [0.15, 0.2) is 12.3 Å². The number of carbonyl (C=O) groups is 1. The van der Waals surface area contributed by atoms with Crippen molar-refractivity contribution in [2.45, 2.75) is 38.9 Å². The quantitative estimate of drug-likeness (QED) is 0.909. The fraction of sp³-hybridized carbons (Fsp3) is 0.571. The highest BCUT2D eigenvalue weighted by Gasteiger charge is 2.39. The largest absolute Gasteiger partial charge is 0.478 e. The van der Waals surface area contributed by atoms with Crippen molar-refractivity contribution in [3.63, 3.8) is 0 Å². The van der Waals surface area contributed by atoms with Crippen LogP contribution in [-0.2, 0) is 4.74 Å². The Morgan fingerprint density at radius 2 is 1.90 bits per heavy atom. The molecule has 0 bridgehead atoms. The summed E-state index contributed by atoms with van der Waals surface area (Å²) in [6.07, 6.45) is 1.47. The number of ether oxygens (including phenoxy) is 1. The van der Waals surface area contributed by atoms with Gasteiger partial charge in [-0.05, 0) is 33.8 Å². The van der Waals surface area contributed by atoms with Crippen LogP contribution in [0.25, 0.3) is 0 Å². The van der Waals surface area contributed by atoms with E-state index in [0.29, 0.717) is 18.9 Å². The SMILES string of the molecule is CC1(C)CN(c2nccc(C(=O)O)c2Cl)CC(C)(C)O1. The Morgan fingerprint density at radius 1 is 1.35 bits per heavy atom. The summed E-state index contributed by atoms with van der Waals surface area (Å²) in [7, 11) is 0. The lowest BCUT2D eigenvalue weighted by Crippen LogP contribution is -2.57. The van der Waals surface area contributed by atoms with Gasteiger partial charge >= 0.3 is 5.97 Å². The van der Waals surface area contributed by atoms with Gasteiger partial charge < -0.3 is 14.7 Å². The predicted molar refractivity (Wildman–Crippen MR) is 77.7 cm³/mol. The van der Waals surface area contributed by atoms with E-state index in [9.17, 15) is 4.79 Å². The number of aromatic nitrogens is 1. The van der Waals surface area contributed by atoms with Gasteiger partial charge in [-0.3, -0.25) is 0 Å². The van der Waals surface area contributed by atoms with Gasteiger partial charge in [0.25, 0.3) is 0 Å². The van der Waals surface area contributed by atoms with Crippen molar-refractivity contribution in [2.75, 3.05) is 18.0 Å². The summed E-state index contributed by atoms with van der Waals surface area (Å²) in [5, 5.41) is 9.31. The maximum absolute atomic E-state index is 11.2. The van der Waals surface area contributed by atoms with Crippen LogP contribution >= 0.6 is 11.6 Å². The van der Waals surface area contributed by atoms with E-state index in [1.54, 1.807) is 0 Å². The predicted octanol–water partition coefficient (Wildman–Crippen LogP) is 2.83. The minimum atomic E-state index is -1.05. The van der Waals surface area contributed by atoms with Crippen LogP contribution in [0.4, 0.5) is 5.82 Å². The van der Waals surface area contributed by atoms with Gasteiger partial charge in [-0.1, -0.05) is 11.6 Å².